The van der Waals surface area contributed by atoms with Crippen molar-refractivity contribution in [2.75, 3.05) is 36.4 Å². The van der Waals surface area contributed by atoms with Crippen LogP contribution in [0.25, 0.3) is 10.2 Å². The van der Waals surface area contributed by atoms with Gasteiger partial charge in [-0.05, 0) is 49.6 Å². The second kappa shape index (κ2) is 8.26. The van der Waals surface area contributed by atoms with Crippen molar-refractivity contribution in [2.24, 2.45) is 0 Å². The van der Waals surface area contributed by atoms with E-state index in [-0.39, 0.29) is 17.7 Å². The number of hydrogen-bond acceptors (Lipinski definition) is 7. The molecule has 2 aromatic heterocycles. The fraction of sp³-hybridized carbons (Fsp3) is 0.333. The van der Waals surface area contributed by atoms with Crippen LogP contribution in [-0.2, 0) is 4.79 Å². The van der Waals surface area contributed by atoms with E-state index in [0.717, 1.165) is 42.2 Å². The molecule has 1 aliphatic heterocycles. The lowest BCUT2D eigenvalue weighted by Crippen LogP contribution is -2.53. The van der Waals surface area contributed by atoms with E-state index in [9.17, 15) is 9.59 Å². The molecule has 3 aromatic rings. The van der Waals surface area contributed by atoms with Gasteiger partial charge in [0.25, 0.3) is 0 Å². The number of benzene rings is 1. The molecule has 1 atom stereocenters. The summed E-state index contributed by atoms with van der Waals surface area (Å²) in [6, 6.07) is 8.81. The molecule has 1 aliphatic rings. The maximum absolute atomic E-state index is 12.7. The van der Waals surface area contributed by atoms with Gasteiger partial charge >= 0.3 is 0 Å². The van der Waals surface area contributed by atoms with Gasteiger partial charge in [-0.15, -0.1) is 11.3 Å². The molecule has 1 fully saturated rings. The van der Waals surface area contributed by atoms with E-state index in [2.05, 4.69) is 31.2 Å². The number of nitrogens with zero attached hydrogens (tertiary/aromatic N) is 4. The van der Waals surface area contributed by atoms with E-state index < -0.39 is 0 Å². The van der Waals surface area contributed by atoms with Crippen molar-refractivity contribution < 1.29 is 9.59 Å². The van der Waals surface area contributed by atoms with E-state index in [0.29, 0.717) is 11.3 Å². The first-order chi connectivity index (χ1) is 14.0. The van der Waals surface area contributed by atoms with Crippen LogP contribution < -0.4 is 10.2 Å². The monoisotopic (exact) mass is 409 g/mol. The summed E-state index contributed by atoms with van der Waals surface area (Å²) in [6.07, 6.45) is 1.62. The van der Waals surface area contributed by atoms with Gasteiger partial charge in [0.15, 0.2) is 5.78 Å². The number of amides is 1. The Hall–Kier alpha value is -2.84. The van der Waals surface area contributed by atoms with Crippen molar-refractivity contribution in [3.05, 3.63) is 47.6 Å². The van der Waals surface area contributed by atoms with Gasteiger partial charge in [-0.3, -0.25) is 14.5 Å². The highest BCUT2D eigenvalue weighted by Gasteiger charge is 2.27. The second-order valence-electron chi connectivity index (χ2n) is 7.16. The van der Waals surface area contributed by atoms with Gasteiger partial charge in [0.2, 0.25) is 5.91 Å². The molecule has 1 N–H and O–H groups in total. The first-order valence-electron chi connectivity index (χ1n) is 9.62. The number of carbonyl (C=O) groups excluding carboxylic acids is 2. The molecular formula is C21H23N5O2S. The number of hydrogen-bond donors (Lipinski definition) is 1. The van der Waals surface area contributed by atoms with Crippen LogP contribution in [0.1, 0.15) is 24.2 Å². The van der Waals surface area contributed by atoms with Crippen molar-refractivity contribution >= 4 is 44.7 Å². The zero-order valence-electron chi connectivity index (χ0n) is 16.5. The van der Waals surface area contributed by atoms with Crippen LogP contribution in [0.15, 0.2) is 42.0 Å². The Balaban J connectivity index is 1.36. The van der Waals surface area contributed by atoms with Crippen molar-refractivity contribution in [3.63, 3.8) is 0 Å². The molecule has 3 heterocycles. The zero-order chi connectivity index (χ0) is 20.4. The molecule has 1 unspecified atom stereocenters. The number of rotatable bonds is 5. The Morgan fingerprint density at radius 1 is 1.07 bits per heavy atom. The van der Waals surface area contributed by atoms with Gasteiger partial charge in [0, 0.05) is 37.4 Å². The molecule has 8 heteroatoms. The molecule has 29 heavy (non-hydrogen) atoms. The van der Waals surface area contributed by atoms with Crippen molar-refractivity contribution in [1.82, 2.24) is 14.9 Å². The minimum absolute atomic E-state index is 0.0116. The van der Waals surface area contributed by atoms with Gasteiger partial charge in [0.05, 0.1) is 11.4 Å². The summed E-state index contributed by atoms with van der Waals surface area (Å²) >= 11 is 1.62. The summed E-state index contributed by atoms with van der Waals surface area (Å²) < 4.78 is 0. The van der Waals surface area contributed by atoms with Crippen LogP contribution in [0.2, 0.25) is 0 Å². The number of ketones is 1. The molecule has 4 rings (SSSR count). The minimum atomic E-state index is -0.240. The third-order valence-electron chi connectivity index (χ3n) is 5.34. The average molecular weight is 410 g/mol. The van der Waals surface area contributed by atoms with Crippen LogP contribution in [0, 0.1) is 0 Å². The molecule has 1 amide bonds. The highest BCUT2D eigenvalue weighted by atomic mass is 32.1. The van der Waals surface area contributed by atoms with Crippen molar-refractivity contribution in [1.29, 1.82) is 0 Å². The maximum atomic E-state index is 12.7. The molecular weight excluding hydrogens is 386 g/mol. The normalized spacial score (nSPS) is 16.0. The van der Waals surface area contributed by atoms with Gasteiger partial charge in [-0.25, -0.2) is 9.97 Å². The van der Waals surface area contributed by atoms with E-state index in [1.54, 1.807) is 41.9 Å². The minimum Gasteiger partial charge on any atom is -0.353 e. The quantitative estimate of drug-likeness (QED) is 0.653. The fourth-order valence-electron chi connectivity index (χ4n) is 3.55. The molecule has 0 spiro atoms. The van der Waals surface area contributed by atoms with Gasteiger partial charge in [0.1, 0.15) is 17.0 Å². The van der Waals surface area contributed by atoms with E-state index in [1.807, 2.05) is 12.3 Å². The molecule has 0 aliphatic carbocycles. The molecule has 0 bridgehead atoms. The van der Waals surface area contributed by atoms with Crippen LogP contribution in [0.4, 0.5) is 11.5 Å². The molecule has 1 saturated heterocycles. The number of nitrogens with one attached hydrogen (secondary N) is 1. The first kappa shape index (κ1) is 19.5. The number of aromatic nitrogens is 2. The lowest BCUT2D eigenvalue weighted by atomic mass is 10.1. The number of thiophene rings is 1. The highest BCUT2D eigenvalue weighted by molar-refractivity contribution is 7.16. The summed E-state index contributed by atoms with van der Waals surface area (Å²) in [7, 11) is 0. The molecule has 0 saturated carbocycles. The van der Waals surface area contributed by atoms with Gasteiger partial charge in [-0.1, -0.05) is 0 Å². The van der Waals surface area contributed by atoms with E-state index >= 15 is 0 Å². The predicted molar refractivity (Wildman–Crippen MR) is 116 cm³/mol. The topological polar surface area (TPSA) is 78.4 Å². The SMILES string of the molecule is CC(=O)c1ccc(NC(=O)C(C)N2CCN(c3ncnc4sccc34)CC2)cc1. The Kier molecular flexibility index (Phi) is 5.55. The highest BCUT2D eigenvalue weighted by Crippen LogP contribution is 2.27. The average Bonchev–Trinajstić information content (AvgIpc) is 3.22. The van der Waals surface area contributed by atoms with E-state index in [4.69, 9.17) is 0 Å². The fourth-order valence-corrected chi connectivity index (χ4v) is 4.28. The van der Waals surface area contributed by atoms with Crippen LogP contribution >= 0.6 is 11.3 Å². The van der Waals surface area contributed by atoms with Gasteiger partial charge < -0.3 is 10.2 Å². The van der Waals surface area contributed by atoms with Crippen molar-refractivity contribution in [2.45, 2.75) is 19.9 Å². The zero-order valence-corrected chi connectivity index (χ0v) is 17.3. The maximum Gasteiger partial charge on any atom is 0.241 e. The van der Waals surface area contributed by atoms with E-state index in [1.165, 1.54) is 6.92 Å². The molecule has 0 radical (unpaired) electrons. The summed E-state index contributed by atoms with van der Waals surface area (Å²) in [4.78, 5) is 38.3. The van der Waals surface area contributed by atoms with Crippen LogP contribution in [-0.4, -0.2) is 58.8 Å². The Labute approximate surface area is 173 Å². The lowest BCUT2D eigenvalue weighted by molar-refractivity contribution is -0.120. The lowest BCUT2D eigenvalue weighted by Gasteiger charge is -2.38. The number of carbonyl (C=O) groups is 2. The number of piperazine rings is 1. The van der Waals surface area contributed by atoms with Crippen LogP contribution in [0.3, 0.4) is 0 Å². The molecule has 7 nitrogen and oxygen atoms in total. The predicted octanol–water partition coefficient (Wildman–Crippen LogP) is 3.04. The first-order valence-corrected chi connectivity index (χ1v) is 10.5. The molecule has 1 aromatic carbocycles. The van der Waals surface area contributed by atoms with Crippen LogP contribution in [0.5, 0.6) is 0 Å². The second-order valence-corrected chi connectivity index (χ2v) is 8.05. The third-order valence-corrected chi connectivity index (χ3v) is 6.16. The smallest absolute Gasteiger partial charge is 0.241 e. The number of fused-ring (bicyclic) bond motifs is 1. The Morgan fingerprint density at radius 3 is 2.48 bits per heavy atom. The Morgan fingerprint density at radius 2 is 1.79 bits per heavy atom. The summed E-state index contributed by atoms with van der Waals surface area (Å²) in [5, 5.41) is 6.07. The summed E-state index contributed by atoms with van der Waals surface area (Å²) in [5.74, 6) is 0.937. The summed E-state index contributed by atoms with van der Waals surface area (Å²) in [6.45, 7) is 6.65. The number of Topliss-reactive ketones (excluding diaryl/α,β-unsaturated/α-hetero) is 1. The van der Waals surface area contributed by atoms with Gasteiger partial charge in [-0.2, -0.15) is 0 Å². The van der Waals surface area contributed by atoms with Crippen molar-refractivity contribution in [3.8, 4) is 0 Å². The molecule has 150 valence electrons. The Bertz CT molecular complexity index is 1020. The summed E-state index contributed by atoms with van der Waals surface area (Å²) in [5.41, 5.74) is 1.34. The standard InChI is InChI=1S/C21H23N5O2S/c1-14(20(28)24-17-5-3-16(4-6-17)15(2)27)25-8-10-26(11-9-25)19-18-7-12-29-21(18)23-13-22-19/h3-7,12-14H,8-11H2,1-2H3,(H,24,28). The third kappa shape index (κ3) is 4.13. The number of anilines is 2. The largest absolute Gasteiger partial charge is 0.353 e.